The predicted octanol–water partition coefficient (Wildman–Crippen LogP) is 2.32. The zero-order valence-corrected chi connectivity index (χ0v) is 9.35. The Bertz CT molecular complexity index is 439. The number of halogens is 1. The lowest BCUT2D eigenvalue weighted by Crippen LogP contribution is -2.26. The van der Waals surface area contributed by atoms with Crippen LogP contribution in [0.4, 0.5) is 15.8 Å². The number of nitrogens with zero attached hydrogens (tertiary/aromatic N) is 1. The zero-order valence-electron chi connectivity index (χ0n) is 9.35. The Morgan fingerprint density at radius 3 is 2.94 bits per heavy atom. The van der Waals surface area contributed by atoms with Crippen LogP contribution in [-0.2, 0) is 4.74 Å². The van der Waals surface area contributed by atoms with E-state index in [9.17, 15) is 14.5 Å². The molecule has 2 unspecified atom stereocenters. The molecule has 1 aliphatic heterocycles. The molecule has 1 aromatic rings. The van der Waals surface area contributed by atoms with E-state index in [0.717, 1.165) is 12.5 Å². The molecule has 0 spiro atoms. The third-order valence-corrected chi connectivity index (χ3v) is 2.87. The molecule has 2 rings (SSSR count). The van der Waals surface area contributed by atoms with Gasteiger partial charge in [-0.05, 0) is 25.5 Å². The van der Waals surface area contributed by atoms with Gasteiger partial charge in [0.15, 0.2) is 0 Å². The number of nitro groups is 1. The van der Waals surface area contributed by atoms with E-state index in [1.165, 1.54) is 12.1 Å². The second-order valence-electron chi connectivity index (χ2n) is 4.04. The molecule has 0 radical (unpaired) electrons. The highest BCUT2D eigenvalue weighted by molar-refractivity contribution is 5.52. The fraction of sp³-hybridized carbons (Fsp3) is 0.455. The van der Waals surface area contributed by atoms with Crippen LogP contribution in [-0.4, -0.2) is 23.7 Å². The lowest BCUT2D eigenvalue weighted by atomic mass is 10.1. The Morgan fingerprint density at radius 1 is 1.59 bits per heavy atom. The summed E-state index contributed by atoms with van der Waals surface area (Å²) < 4.78 is 18.5. The van der Waals surface area contributed by atoms with Crippen LogP contribution in [0.15, 0.2) is 18.2 Å². The molecule has 2 atom stereocenters. The molecular weight excluding hydrogens is 227 g/mol. The fourth-order valence-corrected chi connectivity index (χ4v) is 1.88. The number of nitrogens with one attached hydrogen (secondary N) is 1. The first kappa shape index (κ1) is 11.8. The molecule has 5 nitrogen and oxygen atoms in total. The first-order chi connectivity index (χ1) is 8.08. The number of anilines is 1. The van der Waals surface area contributed by atoms with Crippen molar-refractivity contribution in [1.82, 2.24) is 0 Å². The lowest BCUT2D eigenvalue weighted by molar-refractivity contribution is -0.387. The number of rotatable bonds is 3. The molecule has 1 aromatic carbocycles. The molecule has 6 heteroatoms. The van der Waals surface area contributed by atoms with Crippen molar-refractivity contribution in [2.75, 3.05) is 11.9 Å². The van der Waals surface area contributed by atoms with Crippen molar-refractivity contribution in [1.29, 1.82) is 0 Å². The Labute approximate surface area is 97.7 Å². The summed E-state index contributed by atoms with van der Waals surface area (Å²) in [5.41, 5.74) is 0.0296. The van der Waals surface area contributed by atoms with E-state index in [2.05, 4.69) is 5.32 Å². The van der Waals surface area contributed by atoms with Gasteiger partial charge in [-0.3, -0.25) is 10.1 Å². The van der Waals surface area contributed by atoms with Crippen LogP contribution in [0.5, 0.6) is 0 Å². The highest BCUT2D eigenvalue weighted by Crippen LogP contribution is 2.24. The molecule has 0 aromatic heterocycles. The highest BCUT2D eigenvalue weighted by Gasteiger charge is 2.24. The summed E-state index contributed by atoms with van der Waals surface area (Å²) in [5, 5.41) is 13.7. The number of ether oxygens (including phenoxy) is 1. The molecule has 92 valence electrons. The predicted molar refractivity (Wildman–Crippen MR) is 60.5 cm³/mol. The lowest BCUT2D eigenvalue weighted by Gasteiger charge is -2.17. The quantitative estimate of drug-likeness (QED) is 0.650. The number of hydrogen-bond acceptors (Lipinski definition) is 4. The van der Waals surface area contributed by atoms with E-state index in [1.807, 2.05) is 6.92 Å². The number of nitro benzene ring substituents is 1. The maximum atomic E-state index is 13.1. The molecular formula is C11H13FN2O3. The van der Waals surface area contributed by atoms with Crippen molar-refractivity contribution in [3.05, 3.63) is 34.1 Å². The topological polar surface area (TPSA) is 64.4 Å². The van der Waals surface area contributed by atoms with Crippen molar-refractivity contribution in [3.63, 3.8) is 0 Å². The van der Waals surface area contributed by atoms with Gasteiger partial charge in [-0.15, -0.1) is 0 Å². The van der Waals surface area contributed by atoms with E-state index < -0.39 is 16.4 Å². The van der Waals surface area contributed by atoms with E-state index in [1.54, 1.807) is 0 Å². The third kappa shape index (κ3) is 2.52. The van der Waals surface area contributed by atoms with Gasteiger partial charge in [0.25, 0.3) is 0 Å². The largest absolute Gasteiger partial charge is 0.379 e. The van der Waals surface area contributed by atoms with E-state index >= 15 is 0 Å². The molecule has 0 bridgehead atoms. The van der Waals surface area contributed by atoms with Gasteiger partial charge in [0, 0.05) is 18.4 Å². The van der Waals surface area contributed by atoms with Crippen LogP contribution in [0, 0.1) is 15.9 Å². The van der Waals surface area contributed by atoms with Gasteiger partial charge in [0.05, 0.1) is 17.1 Å². The van der Waals surface area contributed by atoms with E-state index in [4.69, 9.17) is 4.74 Å². The second kappa shape index (κ2) is 4.67. The van der Waals surface area contributed by atoms with Crippen LogP contribution in [0.25, 0.3) is 0 Å². The summed E-state index contributed by atoms with van der Waals surface area (Å²) >= 11 is 0. The third-order valence-electron chi connectivity index (χ3n) is 2.87. The highest BCUT2D eigenvalue weighted by atomic mass is 19.1. The molecule has 0 aliphatic carbocycles. The minimum atomic E-state index is -0.823. The first-order valence-electron chi connectivity index (χ1n) is 5.40. The zero-order chi connectivity index (χ0) is 12.4. The van der Waals surface area contributed by atoms with Gasteiger partial charge in [0.1, 0.15) is 0 Å². The van der Waals surface area contributed by atoms with E-state index in [-0.39, 0.29) is 12.1 Å². The smallest absolute Gasteiger partial charge is 0.306 e. The molecule has 1 aliphatic rings. The minimum absolute atomic E-state index is 0.0547. The van der Waals surface area contributed by atoms with Crippen LogP contribution >= 0.6 is 0 Å². The van der Waals surface area contributed by atoms with Gasteiger partial charge in [-0.25, -0.2) is 0 Å². The van der Waals surface area contributed by atoms with Crippen LogP contribution in [0.2, 0.25) is 0 Å². The number of hydrogen-bond donors (Lipinski definition) is 1. The first-order valence-corrected chi connectivity index (χ1v) is 5.40. The molecule has 0 amide bonds. The SMILES string of the molecule is CC1OCCC1Nc1ccc(F)c([N+](=O)[O-])c1. The summed E-state index contributed by atoms with van der Waals surface area (Å²) in [4.78, 5) is 9.86. The molecule has 1 saturated heterocycles. The van der Waals surface area contributed by atoms with Crippen LogP contribution in [0.3, 0.4) is 0 Å². The summed E-state index contributed by atoms with van der Waals surface area (Å²) in [6.07, 6.45) is 0.894. The fourth-order valence-electron chi connectivity index (χ4n) is 1.88. The van der Waals surface area contributed by atoms with Crippen molar-refractivity contribution < 1.29 is 14.1 Å². The molecule has 1 heterocycles. The van der Waals surface area contributed by atoms with Crippen molar-refractivity contribution in [2.24, 2.45) is 0 Å². The average molecular weight is 240 g/mol. The molecule has 1 fully saturated rings. The Balaban J connectivity index is 2.16. The van der Waals surface area contributed by atoms with Crippen LogP contribution in [0.1, 0.15) is 13.3 Å². The van der Waals surface area contributed by atoms with Gasteiger partial charge >= 0.3 is 5.69 Å². The normalized spacial score (nSPS) is 23.6. The monoisotopic (exact) mass is 240 g/mol. The Kier molecular flexibility index (Phi) is 3.23. The van der Waals surface area contributed by atoms with Gasteiger partial charge < -0.3 is 10.1 Å². The molecule has 0 saturated carbocycles. The van der Waals surface area contributed by atoms with Crippen LogP contribution < -0.4 is 5.32 Å². The summed E-state index contributed by atoms with van der Waals surface area (Å²) in [7, 11) is 0. The van der Waals surface area contributed by atoms with Crippen molar-refractivity contribution in [2.45, 2.75) is 25.5 Å². The van der Waals surface area contributed by atoms with E-state index in [0.29, 0.717) is 12.3 Å². The Morgan fingerprint density at radius 2 is 2.35 bits per heavy atom. The second-order valence-corrected chi connectivity index (χ2v) is 4.04. The van der Waals surface area contributed by atoms with Crippen molar-refractivity contribution >= 4 is 11.4 Å². The molecule has 17 heavy (non-hydrogen) atoms. The summed E-state index contributed by atoms with van der Waals surface area (Å²) in [6.45, 7) is 2.60. The summed E-state index contributed by atoms with van der Waals surface area (Å²) in [6, 6.07) is 3.91. The van der Waals surface area contributed by atoms with Crippen molar-refractivity contribution in [3.8, 4) is 0 Å². The maximum Gasteiger partial charge on any atom is 0.306 e. The van der Waals surface area contributed by atoms with Gasteiger partial charge in [-0.2, -0.15) is 4.39 Å². The average Bonchev–Trinajstić information content (AvgIpc) is 2.67. The summed E-state index contributed by atoms with van der Waals surface area (Å²) in [5.74, 6) is -0.823. The number of benzene rings is 1. The Hall–Kier alpha value is -1.69. The van der Waals surface area contributed by atoms with Gasteiger partial charge in [-0.1, -0.05) is 0 Å². The standard InChI is InChI=1S/C11H13FN2O3/c1-7-10(4-5-17-7)13-8-2-3-9(12)11(6-8)14(15)16/h2-3,6-7,10,13H,4-5H2,1H3. The molecule has 1 N–H and O–H groups in total. The van der Waals surface area contributed by atoms with Gasteiger partial charge in [0.2, 0.25) is 5.82 Å². The minimum Gasteiger partial charge on any atom is -0.379 e. The maximum absolute atomic E-state index is 13.1.